The molecule has 1 aromatic heterocycles. The van der Waals surface area contributed by atoms with Crippen molar-refractivity contribution in [2.45, 2.75) is 6.92 Å². The normalized spacial score (nSPS) is 11.0. The Kier molecular flexibility index (Phi) is 3.95. The number of Topliss-reactive ketones (excluding diaryl/α,β-unsaturated/α-hetero) is 1. The van der Waals surface area contributed by atoms with Crippen molar-refractivity contribution < 1.29 is 14.1 Å². The third-order valence-electron chi connectivity index (χ3n) is 2.85. The van der Waals surface area contributed by atoms with Gasteiger partial charge >= 0.3 is 0 Å². The number of furan rings is 1. The highest BCUT2D eigenvalue weighted by Gasteiger charge is 2.16. The number of carbonyl (C=O) groups excluding carboxylic acids is 1. The number of nitriles is 1. The molecule has 2 aromatic rings. The maximum absolute atomic E-state index is 12.0. The van der Waals surface area contributed by atoms with Crippen LogP contribution in [0.2, 0.25) is 0 Å². The van der Waals surface area contributed by atoms with Crippen LogP contribution in [0, 0.1) is 28.4 Å². The molecule has 6 nitrogen and oxygen atoms in total. The van der Waals surface area contributed by atoms with E-state index >= 15 is 0 Å². The highest BCUT2D eigenvalue weighted by Crippen LogP contribution is 2.21. The molecule has 0 unspecified atom stereocenters. The third-order valence-corrected chi connectivity index (χ3v) is 2.85. The first-order valence-corrected chi connectivity index (χ1v) is 5.98. The van der Waals surface area contributed by atoms with Gasteiger partial charge in [0.15, 0.2) is 5.76 Å². The molecule has 0 atom stereocenters. The number of hydrogen-bond donors (Lipinski definition) is 0. The van der Waals surface area contributed by atoms with E-state index in [-0.39, 0.29) is 17.0 Å². The van der Waals surface area contributed by atoms with Gasteiger partial charge in [-0.15, -0.1) is 0 Å². The number of allylic oxidation sites excluding steroid dienone is 1. The fourth-order valence-corrected chi connectivity index (χ4v) is 1.77. The minimum atomic E-state index is -0.564. The van der Waals surface area contributed by atoms with Gasteiger partial charge in [-0.1, -0.05) is 12.1 Å². The van der Waals surface area contributed by atoms with E-state index in [0.717, 1.165) is 0 Å². The number of ketones is 1. The molecule has 6 heteroatoms. The third kappa shape index (κ3) is 3.04. The zero-order valence-electron chi connectivity index (χ0n) is 11.1. The van der Waals surface area contributed by atoms with Crippen LogP contribution >= 0.6 is 0 Å². The van der Waals surface area contributed by atoms with Gasteiger partial charge in [0.05, 0.1) is 11.2 Å². The van der Waals surface area contributed by atoms with Crippen molar-refractivity contribution in [3.63, 3.8) is 0 Å². The summed E-state index contributed by atoms with van der Waals surface area (Å²) in [5.41, 5.74) is 0.700. The molecule has 0 N–H and O–H groups in total. The van der Waals surface area contributed by atoms with Gasteiger partial charge in [0.25, 0.3) is 5.69 Å². The predicted molar refractivity (Wildman–Crippen MR) is 74.5 cm³/mol. The number of aryl methyl sites for hydroxylation is 1. The van der Waals surface area contributed by atoms with E-state index in [1.54, 1.807) is 31.2 Å². The number of nitro groups is 1. The van der Waals surface area contributed by atoms with Crippen LogP contribution < -0.4 is 0 Å². The van der Waals surface area contributed by atoms with E-state index < -0.39 is 10.7 Å². The molecule has 0 spiro atoms. The Balaban J connectivity index is 2.42. The Bertz CT molecular complexity index is 767. The Labute approximate surface area is 120 Å². The quantitative estimate of drug-likeness (QED) is 0.282. The molecule has 0 aliphatic carbocycles. The average Bonchev–Trinajstić information content (AvgIpc) is 2.99. The number of hydrogen-bond acceptors (Lipinski definition) is 5. The fourth-order valence-electron chi connectivity index (χ4n) is 1.77. The molecule has 1 aromatic carbocycles. The summed E-state index contributed by atoms with van der Waals surface area (Å²) >= 11 is 0. The lowest BCUT2D eigenvalue weighted by molar-refractivity contribution is -0.385. The Hall–Kier alpha value is -3.20. The summed E-state index contributed by atoms with van der Waals surface area (Å²) in [6, 6.07) is 9.27. The van der Waals surface area contributed by atoms with Crippen molar-refractivity contribution in [2.75, 3.05) is 0 Å². The van der Waals surface area contributed by atoms with Crippen molar-refractivity contribution in [1.29, 1.82) is 5.26 Å². The highest BCUT2D eigenvalue weighted by molar-refractivity contribution is 6.12. The molecule has 104 valence electrons. The van der Waals surface area contributed by atoms with Crippen LogP contribution in [0.5, 0.6) is 0 Å². The molecule has 0 bridgehead atoms. The molecule has 0 amide bonds. The largest absolute Gasteiger partial charge is 0.461 e. The zero-order chi connectivity index (χ0) is 15.4. The molecule has 0 saturated carbocycles. The van der Waals surface area contributed by atoms with Gasteiger partial charge in [-0.05, 0) is 30.7 Å². The first kappa shape index (κ1) is 14.2. The molecule has 2 rings (SSSR count). The van der Waals surface area contributed by atoms with Crippen molar-refractivity contribution in [1.82, 2.24) is 0 Å². The summed E-state index contributed by atoms with van der Waals surface area (Å²) in [6.45, 7) is 1.62. The van der Waals surface area contributed by atoms with E-state index in [9.17, 15) is 14.9 Å². The van der Waals surface area contributed by atoms with Crippen LogP contribution in [0.3, 0.4) is 0 Å². The minimum absolute atomic E-state index is 0.0458. The Morgan fingerprint density at radius 3 is 2.76 bits per heavy atom. The average molecular weight is 282 g/mol. The van der Waals surface area contributed by atoms with Crippen molar-refractivity contribution in [3.05, 3.63) is 69.2 Å². The lowest BCUT2D eigenvalue weighted by atomic mass is 10.0. The standard InChI is InChI=1S/C15H10N2O4/c1-10-4-5-11(8-13(10)17(19)20)7-12(9-16)15(18)14-3-2-6-21-14/h2-8H,1H3/b12-7+. The van der Waals surface area contributed by atoms with E-state index in [2.05, 4.69) is 0 Å². The van der Waals surface area contributed by atoms with Crippen LogP contribution in [0.1, 0.15) is 21.7 Å². The number of benzene rings is 1. The van der Waals surface area contributed by atoms with Gasteiger partial charge in [0.1, 0.15) is 11.6 Å². The van der Waals surface area contributed by atoms with Crippen LogP contribution in [0.15, 0.2) is 46.6 Å². The molecule has 21 heavy (non-hydrogen) atoms. The number of carbonyl (C=O) groups is 1. The summed E-state index contributed by atoms with van der Waals surface area (Å²) in [5, 5.41) is 20.0. The second-order valence-electron chi connectivity index (χ2n) is 4.28. The Morgan fingerprint density at radius 2 is 2.19 bits per heavy atom. The van der Waals surface area contributed by atoms with E-state index in [1.807, 2.05) is 0 Å². The van der Waals surface area contributed by atoms with Crippen LogP contribution in [-0.4, -0.2) is 10.7 Å². The molecule has 0 fully saturated rings. The van der Waals surface area contributed by atoms with Crippen LogP contribution in [0.25, 0.3) is 6.08 Å². The second-order valence-corrected chi connectivity index (χ2v) is 4.28. The molecular weight excluding hydrogens is 272 g/mol. The summed E-state index contributed by atoms with van der Waals surface area (Å²) in [7, 11) is 0. The van der Waals surface area contributed by atoms with E-state index in [4.69, 9.17) is 9.68 Å². The van der Waals surface area contributed by atoms with Crippen molar-refractivity contribution >= 4 is 17.5 Å². The molecular formula is C15H10N2O4. The maximum atomic E-state index is 12.0. The summed E-state index contributed by atoms with van der Waals surface area (Å²) in [5.74, 6) is -0.518. The number of nitrogens with zero attached hydrogens (tertiary/aromatic N) is 2. The maximum Gasteiger partial charge on any atom is 0.272 e. The smallest absolute Gasteiger partial charge is 0.272 e. The lowest BCUT2D eigenvalue weighted by Gasteiger charge is -2.00. The summed E-state index contributed by atoms with van der Waals surface area (Å²) in [6.07, 6.45) is 2.64. The molecule has 0 saturated heterocycles. The van der Waals surface area contributed by atoms with Crippen molar-refractivity contribution in [3.8, 4) is 6.07 Å². The zero-order valence-corrected chi connectivity index (χ0v) is 11.1. The van der Waals surface area contributed by atoms with Gasteiger partial charge in [-0.25, -0.2) is 0 Å². The Morgan fingerprint density at radius 1 is 1.43 bits per heavy atom. The predicted octanol–water partition coefficient (Wildman–Crippen LogP) is 3.29. The van der Waals surface area contributed by atoms with E-state index in [1.165, 1.54) is 24.5 Å². The number of rotatable bonds is 4. The fraction of sp³-hybridized carbons (Fsp3) is 0.0667. The van der Waals surface area contributed by atoms with Gasteiger partial charge in [-0.2, -0.15) is 5.26 Å². The van der Waals surface area contributed by atoms with Gasteiger partial charge in [-0.3, -0.25) is 14.9 Å². The number of nitro benzene ring substituents is 1. The lowest BCUT2D eigenvalue weighted by Crippen LogP contribution is -2.00. The van der Waals surface area contributed by atoms with Crippen LogP contribution in [0.4, 0.5) is 5.69 Å². The van der Waals surface area contributed by atoms with Gasteiger partial charge in [0.2, 0.25) is 5.78 Å². The van der Waals surface area contributed by atoms with Crippen molar-refractivity contribution in [2.24, 2.45) is 0 Å². The minimum Gasteiger partial charge on any atom is -0.461 e. The topological polar surface area (TPSA) is 97.1 Å². The van der Waals surface area contributed by atoms with Gasteiger partial charge in [0, 0.05) is 11.6 Å². The molecule has 1 heterocycles. The highest BCUT2D eigenvalue weighted by atomic mass is 16.6. The SMILES string of the molecule is Cc1ccc(/C=C(\C#N)C(=O)c2ccco2)cc1[N+](=O)[O-]. The van der Waals surface area contributed by atoms with Gasteiger partial charge < -0.3 is 4.42 Å². The molecule has 0 aliphatic rings. The van der Waals surface area contributed by atoms with Crippen LogP contribution in [-0.2, 0) is 0 Å². The van der Waals surface area contributed by atoms with E-state index in [0.29, 0.717) is 11.1 Å². The molecule has 0 aliphatic heterocycles. The monoisotopic (exact) mass is 282 g/mol. The summed E-state index contributed by atoms with van der Waals surface area (Å²) < 4.78 is 4.95. The first-order valence-electron chi connectivity index (χ1n) is 5.98. The second kappa shape index (κ2) is 5.84. The first-order chi connectivity index (χ1) is 10.0. The summed E-state index contributed by atoms with van der Waals surface area (Å²) in [4.78, 5) is 22.4. The molecule has 0 radical (unpaired) electrons.